The van der Waals surface area contributed by atoms with Crippen LogP contribution in [-0.2, 0) is 16.6 Å². The fourth-order valence-electron chi connectivity index (χ4n) is 4.17. The first kappa shape index (κ1) is 15.4. The SMILES string of the molecule is CCn1c(=O)sc2cc(S(=O)(=O)N[C@H]3C[C@@H]4CC[C@@H]3C4)ccc21. The van der Waals surface area contributed by atoms with Gasteiger partial charge >= 0.3 is 4.87 Å². The molecule has 2 bridgehead atoms. The van der Waals surface area contributed by atoms with Crippen molar-refractivity contribution in [2.24, 2.45) is 11.8 Å². The molecule has 1 heterocycles. The lowest BCUT2D eigenvalue weighted by Gasteiger charge is -2.22. The van der Waals surface area contributed by atoms with Gasteiger partial charge in [0.1, 0.15) is 0 Å². The van der Waals surface area contributed by atoms with Crippen molar-refractivity contribution in [2.75, 3.05) is 0 Å². The van der Waals surface area contributed by atoms with Gasteiger partial charge in [-0.1, -0.05) is 17.8 Å². The minimum absolute atomic E-state index is 0.0434. The summed E-state index contributed by atoms with van der Waals surface area (Å²) in [6.45, 7) is 2.50. The Hall–Kier alpha value is -1.18. The molecule has 7 heteroatoms. The second kappa shape index (κ2) is 5.43. The van der Waals surface area contributed by atoms with Crippen molar-refractivity contribution in [1.82, 2.24) is 9.29 Å². The zero-order valence-electron chi connectivity index (χ0n) is 13.0. The van der Waals surface area contributed by atoms with E-state index in [1.54, 1.807) is 22.8 Å². The molecule has 0 aliphatic heterocycles. The third-order valence-corrected chi connectivity index (χ3v) is 7.74. The molecule has 0 unspecified atom stereocenters. The number of thiazole rings is 1. The summed E-state index contributed by atoms with van der Waals surface area (Å²) >= 11 is 1.10. The van der Waals surface area contributed by atoms with Crippen LogP contribution in [-0.4, -0.2) is 19.0 Å². The van der Waals surface area contributed by atoms with Crippen molar-refractivity contribution < 1.29 is 8.42 Å². The highest BCUT2D eigenvalue weighted by atomic mass is 32.2. The first-order valence-corrected chi connectivity index (χ1v) is 10.4. The molecule has 1 aromatic carbocycles. The van der Waals surface area contributed by atoms with Crippen molar-refractivity contribution in [1.29, 1.82) is 0 Å². The van der Waals surface area contributed by atoms with E-state index in [4.69, 9.17) is 0 Å². The maximum atomic E-state index is 12.7. The molecule has 3 atom stereocenters. The van der Waals surface area contributed by atoms with Crippen LogP contribution in [0.4, 0.5) is 0 Å². The van der Waals surface area contributed by atoms with E-state index in [9.17, 15) is 13.2 Å². The molecule has 4 rings (SSSR count). The Labute approximate surface area is 139 Å². The van der Waals surface area contributed by atoms with E-state index in [2.05, 4.69) is 4.72 Å². The van der Waals surface area contributed by atoms with Crippen LogP contribution in [0.15, 0.2) is 27.9 Å². The second-order valence-corrected chi connectivity index (χ2v) is 9.35. The van der Waals surface area contributed by atoms with E-state index in [0.717, 1.165) is 40.8 Å². The summed E-state index contributed by atoms with van der Waals surface area (Å²) in [4.78, 5) is 12.1. The van der Waals surface area contributed by atoms with Gasteiger partial charge in [-0.3, -0.25) is 9.36 Å². The number of hydrogen-bond donors (Lipinski definition) is 1. The van der Waals surface area contributed by atoms with Crippen molar-refractivity contribution in [3.8, 4) is 0 Å². The molecule has 2 saturated carbocycles. The summed E-state index contributed by atoms with van der Waals surface area (Å²) in [5, 5.41) is 0. The summed E-state index contributed by atoms with van der Waals surface area (Å²) in [7, 11) is -3.52. The van der Waals surface area contributed by atoms with Gasteiger partial charge in [0.15, 0.2) is 0 Å². The van der Waals surface area contributed by atoms with E-state index in [-0.39, 0.29) is 15.8 Å². The third-order valence-electron chi connectivity index (χ3n) is 5.31. The van der Waals surface area contributed by atoms with Crippen LogP contribution >= 0.6 is 11.3 Å². The fourth-order valence-corrected chi connectivity index (χ4v) is 6.58. The first-order valence-electron chi connectivity index (χ1n) is 8.13. The molecule has 2 aliphatic rings. The Balaban J connectivity index is 1.66. The average Bonchev–Trinajstić information content (AvgIpc) is 3.18. The van der Waals surface area contributed by atoms with E-state index in [1.165, 1.54) is 6.42 Å². The molecule has 0 amide bonds. The Morgan fingerprint density at radius 2 is 2.13 bits per heavy atom. The van der Waals surface area contributed by atoms with Crippen LogP contribution in [0.25, 0.3) is 10.2 Å². The van der Waals surface area contributed by atoms with E-state index in [0.29, 0.717) is 18.4 Å². The molecule has 0 saturated heterocycles. The maximum absolute atomic E-state index is 12.7. The van der Waals surface area contributed by atoms with Gasteiger partial charge in [-0.25, -0.2) is 13.1 Å². The lowest BCUT2D eigenvalue weighted by atomic mass is 9.96. The van der Waals surface area contributed by atoms with Crippen molar-refractivity contribution in [3.63, 3.8) is 0 Å². The number of hydrogen-bond acceptors (Lipinski definition) is 4. The minimum Gasteiger partial charge on any atom is -0.299 e. The van der Waals surface area contributed by atoms with E-state index >= 15 is 0 Å². The van der Waals surface area contributed by atoms with Gasteiger partial charge in [-0.2, -0.15) is 0 Å². The molecule has 1 N–H and O–H groups in total. The van der Waals surface area contributed by atoms with Crippen LogP contribution in [0, 0.1) is 11.8 Å². The van der Waals surface area contributed by atoms with Crippen molar-refractivity contribution >= 4 is 31.6 Å². The predicted octanol–water partition coefficient (Wildman–Crippen LogP) is 2.55. The summed E-state index contributed by atoms with van der Waals surface area (Å²) < 4.78 is 30.6. The van der Waals surface area contributed by atoms with Crippen LogP contribution < -0.4 is 9.60 Å². The zero-order chi connectivity index (χ0) is 16.2. The number of fused-ring (bicyclic) bond motifs is 3. The van der Waals surface area contributed by atoms with Crippen molar-refractivity contribution in [2.45, 2.75) is 50.1 Å². The molecule has 23 heavy (non-hydrogen) atoms. The van der Waals surface area contributed by atoms with Crippen LogP contribution in [0.1, 0.15) is 32.6 Å². The zero-order valence-corrected chi connectivity index (χ0v) is 14.6. The smallest absolute Gasteiger partial charge is 0.299 e. The van der Waals surface area contributed by atoms with Crippen molar-refractivity contribution in [3.05, 3.63) is 27.9 Å². The van der Waals surface area contributed by atoms with Gasteiger partial charge in [0.05, 0.1) is 15.1 Å². The minimum atomic E-state index is -3.52. The van der Waals surface area contributed by atoms with Gasteiger partial charge in [0.25, 0.3) is 0 Å². The van der Waals surface area contributed by atoms with Gasteiger partial charge in [0, 0.05) is 12.6 Å². The molecule has 1 aromatic heterocycles. The number of aryl methyl sites for hydroxylation is 1. The highest BCUT2D eigenvalue weighted by molar-refractivity contribution is 7.89. The maximum Gasteiger partial charge on any atom is 0.308 e. The van der Waals surface area contributed by atoms with Gasteiger partial charge in [-0.05, 0) is 56.2 Å². The molecular formula is C16H20N2O3S2. The number of rotatable bonds is 4. The largest absolute Gasteiger partial charge is 0.308 e. The Bertz CT molecular complexity index is 913. The van der Waals surface area contributed by atoms with Crippen LogP contribution in [0.3, 0.4) is 0 Å². The number of sulfonamides is 1. The number of benzene rings is 1. The molecule has 5 nitrogen and oxygen atoms in total. The highest BCUT2D eigenvalue weighted by Crippen LogP contribution is 2.44. The summed E-state index contributed by atoms with van der Waals surface area (Å²) in [5.74, 6) is 1.19. The molecular weight excluding hydrogens is 332 g/mol. The lowest BCUT2D eigenvalue weighted by Crippen LogP contribution is -2.38. The summed E-state index contributed by atoms with van der Waals surface area (Å²) in [6, 6.07) is 5.05. The molecule has 0 radical (unpaired) electrons. The topological polar surface area (TPSA) is 68.2 Å². The molecule has 2 aromatic rings. The van der Waals surface area contributed by atoms with Crippen LogP contribution in [0.5, 0.6) is 0 Å². The lowest BCUT2D eigenvalue weighted by molar-refractivity contribution is 0.390. The molecule has 2 aliphatic carbocycles. The van der Waals surface area contributed by atoms with Crippen LogP contribution in [0.2, 0.25) is 0 Å². The molecule has 2 fully saturated rings. The Morgan fingerprint density at radius 3 is 2.78 bits per heavy atom. The quantitative estimate of drug-likeness (QED) is 0.919. The second-order valence-electron chi connectivity index (χ2n) is 6.64. The molecule has 0 spiro atoms. The predicted molar refractivity (Wildman–Crippen MR) is 91.3 cm³/mol. The monoisotopic (exact) mass is 352 g/mol. The average molecular weight is 352 g/mol. The Kier molecular flexibility index (Phi) is 3.62. The molecule has 124 valence electrons. The Morgan fingerprint density at radius 1 is 1.30 bits per heavy atom. The van der Waals surface area contributed by atoms with Gasteiger partial charge < -0.3 is 0 Å². The fraction of sp³-hybridized carbons (Fsp3) is 0.562. The standard InChI is InChI=1S/C16H20N2O3S2/c1-2-18-14-6-5-12(9-15(14)22-16(18)19)23(20,21)17-13-8-10-3-4-11(13)7-10/h5-6,9-11,13,17H,2-4,7-8H2,1H3/t10-,11-,13+/m1/s1. The van der Waals surface area contributed by atoms with Gasteiger partial charge in [-0.15, -0.1) is 0 Å². The summed E-state index contributed by atoms with van der Waals surface area (Å²) in [5.41, 5.74) is 0.807. The summed E-state index contributed by atoms with van der Waals surface area (Å²) in [6.07, 6.45) is 4.50. The van der Waals surface area contributed by atoms with E-state index < -0.39 is 10.0 Å². The number of nitrogens with zero attached hydrogens (tertiary/aromatic N) is 1. The normalized spacial score (nSPS) is 27.1. The number of aromatic nitrogens is 1. The number of nitrogens with one attached hydrogen (secondary N) is 1. The van der Waals surface area contributed by atoms with Gasteiger partial charge in [0.2, 0.25) is 10.0 Å². The van der Waals surface area contributed by atoms with E-state index in [1.807, 2.05) is 6.92 Å². The highest BCUT2D eigenvalue weighted by Gasteiger charge is 2.41. The third kappa shape index (κ3) is 2.55. The first-order chi connectivity index (χ1) is 11.0.